The Labute approximate surface area is 173 Å². The number of carbonyl (C=O) groups is 2. The topological polar surface area (TPSA) is 101 Å². The Morgan fingerprint density at radius 3 is 2.50 bits per heavy atom. The Hall–Kier alpha value is -3.85. The fourth-order valence-corrected chi connectivity index (χ4v) is 3.93. The fourth-order valence-electron chi connectivity index (χ4n) is 3.03. The van der Waals surface area contributed by atoms with Crippen molar-refractivity contribution in [3.63, 3.8) is 0 Å². The molecule has 30 heavy (non-hydrogen) atoms. The fraction of sp³-hybridized carbons (Fsp3) is 0.0476. The molecule has 0 fully saturated rings. The molecular weight excluding hydrogens is 409 g/mol. The van der Waals surface area contributed by atoms with Crippen molar-refractivity contribution in [3.05, 3.63) is 81.7 Å². The van der Waals surface area contributed by atoms with Crippen molar-refractivity contribution in [2.75, 3.05) is 5.32 Å². The number of carbonyl (C=O) groups excluding carboxylic acids is 1. The number of nitrogens with zero attached hydrogens (tertiary/aromatic N) is 2. The number of halogens is 1. The third kappa shape index (κ3) is 3.58. The molecule has 7 nitrogen and oxygen atoms in total. The van der Waals surface area contributed by atoms with E-state index < -0.39 is 29.8 Å². The second-order valence-corrected chi connectivity index (χ2v) is 7.21. The van der Waals surface area contributed by atoms with Crippen LogP contribution in [-0.2, 0) is 11.3 Å². The van der Waals surface area contributed by atoms with Gasteiger partial charge in [-0.3, -0.25) is 14.2 Å². The van der Waals surface area contributed by atoms with E-state index in [9.17, 15) is 23.9 Å². The number of amides is 1. The van der Waals surface area contributed by atoms with E-state index in [1.54, 1.807) is 36.4 Å². The molecule has 0 aliphatic heterocycles. The van der Waals surface area contributed by atoms with Crippen LogP contribution in [0.5, 0.6) is 0 Å². The van der Waals surface area contributed by atoms with E-state index in [0.717, 1.165) is 15.9 Å². The van der Waals surface area contributed by atoms with E-state index in [1.807, 2.05) is 0 Å². The molecular formula is C21H14FN3O4S. The number of para-hydroxylation sites is 1. The van der Waals surface area contributed by atoms with Crippen LogP contribution >= 0.6 is 11.3 Å². The zero-order valence-electron chi connectivity index (χ0n) is 15.3. The van der Waals surface area contributed by atoms with Gasteiger partial charge < -0.3 is 10.4 Å². The largest absolute Gasteiger partial charge is 0.478 e. The number of benzene rings is 2. The Morgan fingerprint density at radius 1 is 1.10 bits per heavy atom. The first-order valence-electron chi connectivity index (χ1n) is 8.81. The van der Waals surface area contributed by atoms with Gasteiger partial charge in [0, 0.05) is 10.9 Å². The normalized spacial score (nSPS) is 10.8. The zero-order valence-corrected chi connectivity index (χ0v) is 16.1. The lowest BCUT2D eigenvalue weighted by molar-refractivity contribution is -0.116. The predicted molar refractivity (Wildman–Crippen MR) is 111 cm³/mol. The molecule has 2 aromatic carbocycles. The summed E-state index contributed by atoms with van der Waals surface area (Å²) in [7, 11) is 0. The van der Waals surface area contributed by atoms with Crippen LogP contribution in [0.15, 0.2) is 64.8 Å². The number of fused-ring (bicyclic) bond motifs is 1. The van der Waals surface area contributed by atoms with Gasteiger partial charge in [-0.1, -0.05) is 42.5 Å². The smallest absolute Gasteiger partial charge is 0.337 e. The third-order valence-corrected chi connectivity index (χ3v) is 5.28. The van der Waals surface area contributed by atoms with Gasteiger partial charge in [0.2, 0.25) is 5.91 Å². The quantitative estimate of drug-likeness (QED) is 0.511. The van der Waals surface area contributed by atoms with Crippen molar-refractivity contribution in [3.8, 4) is 11.4 Å². The van der Waals surface area contributed by atoms with Gasteiger partial charge in [0.05, 0.1) is 16.6 Å². The molecule has 0 saturated carbocycles. The van der Waals surface area contributed by atoms with E-state index >= 15 is 0 Å². The second kappa shape index (κ2) is 7.88. The number of nitrogens with one attached hydrogen (secondary N) is 1. The zero-order chi connectivity index (χ0) is 21.3. The summed E-state index contributed by atoms with van der Waals surface area (Å²) in [6.45, 7) is -0.463. The summed E-state index contributed by atoms with van der Waals surface area (Å²) in [5.74, 6) is -2.29. The first kappa shape index (κ1) is 19.5. The summed E-state index contributed by atoms with van der Waals surface area (Å²) >= 11 is 1.04. The Balaban J connectivity index is 1.83. The van der Waals surface area contributed by atoms with Crippen LogP contribution in [-0.4, -0.2) is 26.5 Å². The maximum Gasteiger partial charge on any atom is 0.337 e. The van der Waals surface area contributed by atoms with Crippen LogP contribution in [0.3, 0.4) is 0 Å². The van der Waals surface area contributed by atoms with Crippen molar-refractivity contribution in [2.45, 2.75) is 6.54 Å². The van der Waals surface area contributed by atoms with Gasteiger partial charge in [0.15, 0.2) is 0 Å². The molecule has 4 rings (SSSR count). The van der Waals surface area contributed by atoms with Gasteiger partial charge in [0.1, 0.15) is 23.0 Å². The van der Waals surface area contributed by atoms with Crippen LogP contribution in [0.25, 0.3) is 21.6 Å². The van der Waals surface area contributed by atoms with Gasteiger partial charge in [-0.15, -0.1) is 11.3 Å². The molecule has 0 bridgehead atoms. The average Bonchev–Trinajstić information content (AvgIpc) is 3.17. The van der Waals surface area contributed by atoms with Gasteiger partial charge in [-0.25, -0.2) is 14.2 Å². The third-order valence-electron chi connectivity index (χ3n) is 4.41. The molecule has 0 spiro atoms. The molecule has 4 aromatic rings. The first-order valence-corrected chi connectivity index (χ1v) is 9.69. The summed E-state index contributed by atoms with van der Waals surface area (Å²) < 4.78 is 15.0. The molecule has 0 saturated heterocycles. The van der Waals surface area contributed by atoms with Crippen molar-refractivity contribution < 1.29 is 19.1 Å². The highest BCUT2D eigenvalue weighted by atomic mass is 32.1. The minimum atomic E-state index is -1.25. The second-order valence-electron chi connectivity index (χ2n) is 6.36. The van der Waals surface area contributed by atoms with E-state index in [4.69, 9.17) is 0 Å². The highest BCUT2D eigenvalue weighted by Crippen LogP contribution is 2.25. The molecule has 2 heterocycles. The predicted octanol–water partition coefficient (Wildman–Crippen LogP) is 3.60. The summed E-state index contributed by atoms with van der Waals surface area (Å²) in [6.07, 6.45) is 0. The number of aromatic nitrogens is 2. The average molecular weight is 423 g/mol. The highest BCUT2D eigenvalue weighted by Gasteiger charge is 2.21. The number of thiophene rings is 1. The monoisotopic (exact) mass is 423 g/mol. The van der Waals surface area contributed by atoms with Gasteiger partial charge in [-0.05, 0) is 12.1 Å². The van der Waals surface area contributed by atoms with Gasteiger partial charge >= 0.3 is 5.97 Å². The number of carboxylic acids is 1. The Bertz CT molecular complexity index is 1330. The minimum absolute atomic E-state index is 0.0207. The van der Waals surface area contributed by atoms with Crippen LogP contribution in [0.2, 0.25) is 0 Å². The molecule has 0 unspecified atom stereocenters. The molecule has 0 aliphatic rings. The van der Waals surface area contributed by atoms with E-state index in [-0.39, 0.29) is 27.3 Å². The van der Waals surface area contributed by atoms with Crippen molar-refractivity contribution in [1.82, 2.24) is 9.55 Å². The van der Waals surface area contributed by atoms with E-state index in [1.165, 1.54) is 23.6 Å². The lowest BCUT2D eigenvalue weighted by Gasteiger charge is -2.13. The van der Waals surface area contributed by atoms with Crippen LogP contribution < -0.4 is 10.9 Å². The van der Waals surface area contributed by atoms with Crippen molar-refractivity contribution >= 4 is 39.1 Å². The number of carboxylic acid groups (broad SMARTS) is 1. The maximum atomic E-state index is 13.9. The van der Waals surface area contributed by atoms with Gasteiger partial charge in [-0.2, -0.15) is 0 Å². The van der Waals surface area contributed by atoms with Crippen LogP contribution in [0, 0.1) is 5.82 Å². The van der Waals surface area contributed by atoms with E-state index in [2.05, 4.69) is 10.3 Å². The molecule has 150 valence electrons. The molecule has 0 atom stereocenters. The van der Waals surface area contributed by atoms with E-state index in [0.29, 0.717) is 5.56 Å². The summed E-state index contributed by atoms with van der Waals surface area (Å²) in [5.41, 5.74) is -0.260. The van der Waals surface area contributed by atoms with Crippen LogP contribution in [0.4, 0.5) is 10.1 Å². The summed E-state index contributed by atoms with van der Waals surface area (Å²) in [6, 6.07) is 14.4. The standard InChI is InChI=1S/C21H14FN3O4S/c22-14-8-4-5-9-15(14)23-16(26)10-25-18(12-6-2-1-3-7-12)24-19-17(20(25)27)13(11-30-19)21(28)29/h1-9,11H,10H2,(H,23,26)(H,28,29). The molecule has 0 radical (unpaired) electrons. The maximum absolute atomic E-state index is 13.9. The lowest BCUT2D eigenvalue weighted by Crippen LogP contribution is -2.30. The van der Waals surface area contributed by atoms with Crippen molar-refractivity contribution in [2.24, 2.45) is 0 Å². The van der Waals surface area contributed by atoms with Crippen molar-refractivity contribution in [1.29, 1.82) is 0 Å². The van der Waals surface area contributed by atoms with Gasteiger partial charge in [0.25, 0.3) is 5.56 Å². The number of rotatable bonds is 5. The number of aromatic carboxylic acids is 1. The molecule has 2 N–H and O–H groups in total. The number of anilines is 1. The summed E-state index contributed by atoms with van der Waals surface area (Å²) in [4.78, 5) is 42.0. The molecule has 9 heteroatoms. The SMILES string of the molecule is O=C(Cn1c(-c2ccccc2)nc2scc(C(=O)O)c2c1=O)Nc1ccccc1F. The van der Waals surface area contributed by atoms with Crippen LogP contribution in [0.1, 0.15) is 10.4 Å². The molecule has 2 aromatic heterocycles. The lowest BCUT2D eigenvalue weighted by atomic mass is 10.2. The molecule has 0 aliphatic carbocycles. The first-order chi connectivity index (χ1) is 14.5. The minimum Gasteiger partial charge on any atom is -0.478 e. The summed E-state index contributed by atoms with van der Waals surface area (Å²) in [5, 5.41) is 13.1. The Morgan fingerprint density at radius 2 is 1.80 bits per heavy atom. The number of hydrogen-bond acceptors (Lipinski definition) is 5. The molecule has 1 amide bonds. The Kier molecular flexibility index (Phi) is 5.11. The number of hydrogen-bond donors (Lipinski definition) is 2. The highest BCUT2D eigenvalue weighted by molar-refractivity contribution is 7.17.